The highest BCUT2D eigenvalue weighted by Crippen LogP contribution is 2.33. The normalized spacial score (nSPS) is 16.6. The van der Waals surface area contributed by atoms with Crippen molar-refractivity contribution in [2.75, 3.05) is 14.1 Å². The lowest BCUT2D eigenvalue weighted by atomic mass is 10.1. The van der Waals surface area contributed by atoms with Crippen LogP contribution in [0.2, 0.25) is 0 Å². The highest BCUT2D eigenvalue weighted by atomic mass is 32.2. The van der Waals surface area contributed by atoms with E-state index in [1.54, 1.807) is 6.20 Å². The van der Waals surface area contributed by atoms with Crippen LogP contribution < -0.4 is 0 Å². The molecule has 0 unspecified atom stereocenters. The number of hydrogen-bond acceptors (Lipinski definition) is 3. The van der Waals surface area contributed by atoms with Crippen molar-refractivity contribution >= 4 is 21.9 Å². The molecule has 0 fully saturated rings. The van der Waals surface area contributed by atoms with E-state index in [0.29, 0.717) is 5.69 Å². The van der Waals surface area contributed by atoms with Crippen molar-refractivity contribution in [3.8, 4) is 0 Å². The molecule has 0 amide bonds. The molecule has 0 saturated heterocycles. The molecule has 1 aliphatic rings. The second-order valence-corrected chi connectivity index (χ2v) is 7.29. The lowest BCUT2D eigenvalue weighted by Gasteiger charge is -2.10. The zero-order chi connectivity index (χ0) is 15.0. The SMILES string of the molecule is CN(C)S(=O)(=O)n1cnc(C=C2CCc3ccccc32)c1. The highest BCUT2D eigenvalue weighted by molar-refractivity contribution is 7.87. The Hall–Kier alpha value is -1.92. The first-order chi connectivity index (χ1) is 9.98. The molecule has 0 radical (unpaired) electrons. The van der Waals surface area contributed by atoms with Gasteiger partial charge in [0, 0.05) is 20.3 Å². The largest absolute Gasteiger partial charge is 0.308 e. The molecular weight excluding hydrogens is 286 g/mol. The van der Waals surface area contributed by atoms with E-state index in [4.69, 9.17) is 0 Å². The van der Waals surface area contributed by atoms with Crippen molar-refractivity contribution < 1.29 is 8.42 Å². The lowest BCUT2D eigenvalue weighted by molar-refractivity contribution is 0.510. The van der Waals surface area contributed by atoms with E-state index >= 15 is 0 Å². The molecule has 1 aliphatic carbocycles. The average Bonchev–Trinajstić information content (AvgIpc) is 3.07. The van der Waals surface area contributed by atoms with Crippen LogP contribution in [0.25, 0.3) is 11.6 Å². The van der Waals surface area contributed by atoms with Crippen LogP contribution in [0.15, 0.2) is 36.8 Å². The summed E-state index contributed by atoms with van der Waals surface area (Å²) in [6.45, 7) is 0. The summed E-state index contributed by atoms with van der Waals surface area (Å²) in [5, 5.41) is 0. The third kappa shape index (κ3) is 2.52. The smallest absolute Gasteiger partial charge is 0.236 e. The van der Waals surface area contributed by atoms with Gasteiger partial charge in [0.2, 0.25) is 0 Å². The zero-order valence-corrected chi connectivity index (χ0v) is 12.8. The van der Waals surface area contributed by atoms with Crippen LogP contribution in [0.5, 0.6) is 0 Å². The minimum absolute atomic E-state index is 0.659. The van der Waals surface area contributed by atoms with Crippen molar-refractivity contribution in [3.63, 3.8) is 0 Å². The van der Waals surface area contributed by atoms with Crippen molar-refractivity contribution in [1.82, 2.24) is 13.3 Å². The van der Waals surface area contributed by atoms with E-state index in [1.165, 1.54) is 37.1 Å². The Labute approximate surface area is 124 Å². The summed E-state index contributed by atoms with van der Waals surface area (Å²) in [5.74, 6) is 0. The van der Waals surface area contributed by atoms with Gasteiger partial charge in [0.1, 0.15) is 6.33 Å². The van der Waals surface area contributed by atoms with Gasteiger partial charge in [-0.1, -0.05) is 24.3 Å². The van der Waals surface area contributed by atoms with Gasteiger partial charge in [-0.3, -0.25) is 0 Å². The molecule has 5 nitrogen and oxygen atoms in total. The summed E-state index contributed by atoms with van der Waals surface area (Å²) < 4.78 is 26.3. The number of benzene rings is 1. The molecule has 1 heterocycles. The van der Waals surface area contributed by atoms with Crippen molar-refractivity contribution in [3.05, 3.63) is 53.6 Å². The molecule has 6 heteroatoms. The third-order valence-corrected chi connectivity index (χ3v) is 5.31. The summed E-state index contributed by atoms with van der Waals surface area (Å²) in [7, 11) is -0.491. The number of aryl methyl sites for hydroxylation is 1. The molecule has 21 heavy (non-hydrogen) atoms. The minimum atomic E-state index is -3.49. The lowest BCUT2D eigenvalue weighted by Crippen LogP contribution is -2.27. The summed E-state index contributed by atoms with van der Waals surface area (Å²) in [5.41, 5.74) is 4.44. The predicted octanol–water partition coefficient (Wildman–Crippen LogP) is 2.02. The van der Waals surface area contributed by atoms with Gasteiger partial charge in [-0.2, -0.15) is 12.7 Å². The molecule has 110 valence electrons. The summed E-state index contributed by atoms with van der Waals surface area (Å²) in [4.78, 5) is 4.18. The number of fused-ring (bicyclic) bond motifs is 1. The molecular formula is C15H17N3O2S. The van der Waals surface area contributed by atoms with Gasteiger partial charge in [0.15, 0.2) is 0 Å². The average molecular weight is 303 g/mol. The number of imidazole rings is 1. The minimum Gasteiger partial charge on any atom is -0.236 e. The quantitative estimate of drug-likeness (QED) is 0.872. The van der Waals surface area contributed by atoms with E-state index < -0.39 is 10.2 Å². The molecule has 0 bridgehead atoms. The highest BCUT2D eigenvalue weighted by Gasteiger charge is 2.18. The molecule has 1 aromatic carbocycles. The molecule has 0 atom stereocenters. The van der Waals surface area contributed by atoms with Crippen molar-refractivity contribution in [1.29, 1.82) is 0 Å². The Bertz CT molecular complexity index is 804. The first-order valence-corrected chi connectivity index (χ1v) is 8.14. The van der Waals surface area contributed by atoms with Gasteiger partial charge in [0.05, 0.1) is 5.69 Å². The number of aromatic nitrogens is 2. The summed E-state index contributed by atoms with van der Waals surface area (Å²) >= 11 is 0. The van der Waals surface area contributed by atoms with Crippen LogP contribution in [0.3, 0.4) is 0 Å². The Morgan fingerprint density at radius 1 is 1.24 bits per heavy atom. The molecule has 0 spiro atoms. The first kappa shape index (κ1) is 14.0. The Kier molecular flexibility index (Phi) is 3.43. The summed E-state index contributed by atoms with van der Waals surface area (Å²) in [6, 6.07) is 8.29. The molecule has 3 rings (SSSR count). The van der Waals surface area contributed by atoms with E-state index in [0.717, 1.165) is 21.1 Å². The topological polar surface area (TPSA) is 55.2 Å². The summed E-state index contributed by atoms with van der Waals surface area (Å²) in [6.07, 6.45) is 6.84. The third-order valence-electron chi connectivity index (χ3n) is 3.66. The molecule has 2 aromatic rings. The predicted molar refractivity (Wildman–Crippen MR) is 82.9 cm³/mol. The maximum absolute atomic E-state index is 12.0. The van der Waals surface area contributed by atoms with Gasteiger partial charge in [0.25, 0.3) is 0 Å². The van der Waals surface area contributed by atoms with E-state index in [2.05, 4.69) is 17.1 Å². The first-order valence-electron chi connectivity index (χ1n) is 6.74. The second kappa shape index (κ2) is 5.13. The fraction of sp³-hybridized carbons (Fsp3) is 0.267. The Balaban J connectivity index is 1.95. The number of nitrogens with zero attached hydrogens (tertiary/aromatic N) is 3. The fourth-order valence-corrected chi connectivity index (χ4v) is 3.28. The molecule has 0 saturated carbocycles. The number of rotatable bonds is 3. The van der Waals surface area contributed by atoms with E-state index in [1.807, 2.05) is 18.2 Å². The van der Waals surface area contributed by atoms with E-state index in [9.17, 15) is 8.42 Å². The van der Waals surface area contributed by atoms with E-state index in [-0.39, 0.29) is 0 Å². The fourth-order valence-electron chi connectivity index (χ4n) is 2.49. The number of allylic oxidation sites excluding steroid dienone is 1. The molecule has 0 aliphatic heterocycles. The standard InChI is InChI=1S/C15H17N3O2S/c1-17(2)21(19,20)18-10-14(16-11-18)9-13-8-7-12-5-3-4-6-15(12)13/h3-6,9-11H,7-8H2,1-2H3. The van der Waals surface area contributed by atoms with Crippen LogP contribution in [-0.2, 0) is 16.6 Å². The number of hydrogen-bond donors (Lipinski definition) is 0. The van der Waals surface area contributed by atoms with Crippen molar-refractivity contribution in [2.45, 2.75) is 12.8 Å². The second-order valence-electron chi connectivity index (χ2n) is 5.25. The molecule has 0 N–H and O–H groups in total. The van der Waals surface area contributed by atoms with Gasteiger partial charge in [-0.15, -0.1) is 0 Å². The van der Waals surface area contributed by atoms with Crippen LogP contribution in [0.4, 0.5) is 0 Å². The Morgan fingerprint density at radius 2 is 2.00 bits per heavy atom. The zero-order valence-electron chi connectivity index (χ0n) is 12.0. The maximum Gasteiger partial charge on any atom is 0.308 e. The van der Waals surface area contributed by atoms with Gasteiger partial charge >= 0.3 is 10.2 Å². The van der Waals surface area contributed by atoms with Gasteiger partial charge in [-0.05, 0) is 35.6 Å². The van der Waals surface area contributed by atoms with Crippen LogP contribution in [0, 0.1) is 0 Å². The van der Waals surface area contributed by atoms with Gasteiger partial charge < -0.3 is 0 Å². The Morgan fingerprint density at radius 3 is 2.76 bits per heavy atom. The van der Waals surface area contributed by atoms with Crippen LogP contribution >= 0.6 is 0 Å². The maximum atomic E-state index is 12.0. The van der Waals surface area contributed by atoms with Crippen molar-refractivity contribution in [2.24, 2.45) is 0 Å². The monoisotopic (exact) mass is 303 g/mol. The van der Waals surface area contributed by atoms with Crippen LogP contribution in [-0.4, -0.2) is 35.8 Å². The molecule has 1 aromatic heterocycles. The van der Waals surface area contributed by atoms with Crippen LogP contribution in [0.1, 0.15) is 23.2 Å². The van der Waals surface area contributed by atoms with Gasteiger partial charge in [-0.25, -0.2) is 8.96 Å².